The van der Waals surface area contributed by atoms with Crippen LogP contribution in [0.15, 0.2) is 41.0 Å². The van der Waals surface area contributed by atoms with Gasteiger partial charge in [0.2, 0.25) is 0 Å². The van der Waals surface area contributed by atoms with Gasteiger partial charge in [0.1, 0.15) is 12.0 Å². The molecule has 2 aromatic rings. The first-order valence-electron chi connectivity index (χ1n) is 7.25. The number of benzene rings is 1. The summed E-state index contributed by atoms with van der Waals surface area (Å²) in [4.78, 5) is 24.0. The van der Waals surface area contributed by atoms with Crippen LogP contribution in [-0.4, -0.2) is 18.0 Å². The third-order valence-corrected chi connectivity index (χ3v) is 2.96. The van der Waals surface area contributed by atoms with Gasteiger partial charge in [-0.15, -0.1) is 0 Å². The van der Waals surface area contributed by atoms with Gasteiger partial charge in [0, 0.05) is 6.04 Å². The SMILES string of the molecule is CC(C)NC(=O)Nc1ccccc1NC(=O)c1coc(CN)c1. The fourth-order valence-electron chi connectivity index (χ4n) is 1.92. The van der Waals surface area contributed by atoms with E-state index in [-0.39, 0.29) is 24.5 Å². The molecule has 0 saturated heterocycles. The van der Waals surface area contributed by atoms with Gasteiger partial charge in [-0.3, -0.25) is 4.79 Å². The number of rotatable bonds is 5. The van der Waals surface area contributed by atoms with Gasteiger partial charge in [-0.05, 0) is 32.0 Å². The molecule has 1 heterocycles. The summed E-state index contributed by atoms with van der Waals surface area (Å²) in [6, 6.07) is 8.19. The minimum absolute atomic E-state index is 0.0115. The van der Waals surface area contributed by atoms with E-state index in [9.17, 15) is 9.59 Å². The number of anilines is 2. The number of para-hydroxylation sites is 2. The van der Waals surface area contributed by atoms with Crippen molar-refractivity contribution in [2.45, 2.75) is 26.4 Å². The van der Waals surface area contributed by atoms with Crippen LogP contribution < -0.4 is 21.7 Å². The maximum atomic E-state index is 12.2. The largest absolute Gasteiger partial charge is 0.467 e. The van der Waals surface area contributed by atoms with E-state index in [4.69, 9.17) is 10.2 Å². The number of nitrogens with one attached hydrogen (secondary N) is 3. The Morgan fingerprint density at radius 2 is 1.83 bits per heavy atom. The van der Waals surface area contributed by atoms with Crippen LogP contribution in [0.1, 0.15) is 30.0 Å². The molecule has 0 spiro atoms. The van der Waals surface area contributed by atoms with E-state index in [1.165, 1.54) is 6.26 Å². The number of urea groups is 1. The van der Waals surface area contributed by atoms with Crippen LogP contribution in [0.3, 0.4) is 0 Å². The maximum Gasteiger partial charge on any atom is 0.319 e. The predicted octanol–water partition coefficient (Wildman–Crippen LogP) is 2.52. The van der Waals surface area contributed by atoms with Crippen molar-refractivity contribution in [2.24, 2.45) is 5.73 Å². The molecular formula is C16H20N4O3. The molecular weight excluding hydrogens is 296 g/mol. The second-order valence-electron chi connectivity index (χ2n) is 5.26. The van der Waals surface area contributed by atoms with Gasteiger partial charge >= 0.3 is 6.03 Å². The lowest BCUT2D eigenvalue weighted by Gasteiger charge is -2.13. The quantitative estimate of drug-likeness (QED) is 0.679. The molecule has 0 aliphatic rings. The zero-order chi connectivity index (χ0) is 16.8. The van der Waals surface area contributed by atoms with E-state index in [0.717, 1.165) is 0 Å². The first-order valence-corrected chi connectivity index (χ1v) is 7.25. The Bertz CT molecular complexity index is 694. The Kier molecular flexibility index (Phi) is 5.37. The van der Waals surface area contributed by atoms with Crippen LogP contribution in [0.25, 0.3) is 0 Å². The second-order valence-corrected chi connectivity index (χ2v) is 5.26. The van der Waals surface area contributed by atoms with E-state index in [0.29, 0.717) is 22.7 Å². The lowest BCUT2D eigenvalue weighted by molar-refractivity contribution is 0.102. The predicted molar refractivity (Wildman–Crippen MR) is 88.3 cm³/mol. The van der Waals surface area contributed by atoms with E-state index in [2.05, 4.69) is 16.0 Å². The summed E-state index contributed by atoms with van der Waals surface area (Å²) in [5.74, 6) is 0.185. The van der Waals surface area contributed by atoms with Crippen molar-refractivity contribution in [1.82, 2.24) is 5.32 Å². The molecule has 5 N–H and O–H groups in total. The molecule has 0 fully saturated rings. The molecule has 7 heteroatoms. The second kappa shape index (κ2) is 7.46. The fourth-order valence-corrected chi connectivity index (χ4v) is 1.92. The first-order chi connectivity index (χ1) is 11.0. The molecule has 7 nitrogen and oxygen atoms in total. The van der Waals surface area contributed by atoms with Crippen LogP contribution in [0.4, 0.5) is 16.2 Å². The Morgan fingerprint density at radius 1 is 1.17 bits per heavy atom. The number of hydrogen-bond donors (Lipinski definition) is 4. The van der Waals surface area contributed by atoms with Gasteiger partial charge in [0.15, 0.2) is 0 Å². The van der Waals surface area contributed by atoms with Crippen molar-refractivity contribution in [2.75, 3.05) is 10.6 Å². The molecule has 0 unspecified atom stereocenters. The number of carbonyl (C=O) groups is 2. The van der Waals surface area contributed by atoms with Crippen LogP contribution in [0, 0.1) is 0 Å². The molecule has 0 aliphatic heterocycles. The van der Waals surface area contributed by atoms with Gasteiger partial charge < -0.3 is 26.1 Å². The Morgan fingerprint density at radius 3 is 2.39 bits per heavy atom. The molecule has 23 heavy (non-hydrogen) atoms. The van der Waals surface area contributed by atoms with Crippen molar-refractivity contribution in [3.05, 3.63) is 47.9 Å². The van der Waals surface area contributed by atoms with E-state index >= 15 is 0 Å². The zero-order valence-electron chi connectivity index (χ0n) is 13.1. The van der Waals surface area contributed by atoms with Crippen molar-refractivity contribution in [3.63, 3.8) is 0 Å². The minimum Gasteiger partial charge on any atom is -0.467 e. The minimum atomic E-state index is -0.341. The molecule has 3 amide bonds. The highest BCUT2D eigenvalue weighted by atomic mass is 16.3. The highest BCUT2D eigenvalue weighted by Crippen LogP contribution is 2.22. The van der Waals surface area contributed by atoms with Gasteiger partial charge in [0.05, 0.1) is 23.5 Å². The number of amides is 3. The topological polar surface area (TPSA) is 109 Å². The van der Waals surface area contributed by atoms with Crippen LogP contribution in [-0.2, 0) is 6.54 Å². The average Bonchev–Trinajstić information content (AvgIpc) is 2.97. The summed E-state index contributed by atoms with van der Waals surface area (Å²) in [5, 5.41) is 8.17. The first kappa shape index (κ1) is 16.6. The van der Waals surface area contributed by atoms with Crippen LogP contribution in [0.5, 0.6) is 0 Å². The number of carbonyl (C=O) groups excluding carboxylic acids is 2. The Labute approximate surface area is 134 Å². The Hall–Kier alpha value is -2.80. The molecule has 0 bridgehead atoms. The molecule has 0 aliphatic carbocycles. The smallest absolute Gasteiger partial charge is 0.319 e. The van der Waals surface area contributed by atoms with E-state index < -0.39 is 0 Å². The number of hydrogen-bond acceptors (Lipinski definition) is 4. The molecule has 0 saturated carbocycles. The third-order valence-electron chi connectivity index (χ3n) is 2.96. The van der Waals surface area contributed by atoms with Crippen molar-refractivity contribution in [3.8, 4) is 0 Å². The van der Waals surface area contributed by atoms with E-state index in [1.54, 1.807) is 30.3 Å². The van der Waals surface area contributed by atoms with Gasteiger partial charge in [-0.1, -0.05) is 12.1 Å². The lowest BCUT2D eigenvalue weighted by atomic mass is 10.2. The standard InChI is InChI=1S/C16H20N4O3/c1-10(2)18-16(22)20-14-6-4-3-5-13(14)19-15(21)11-7-12(8-17)23-9-11/h3-7,9-10H,8,17H2,1-2H3,(H,19,21)(H2,18,20,22). The number of nitrogens with two attached hydrogens (primary N) is 1. The Balaban J connectivity index is 2.10. The average molecular weight is 316 g/mol. The molecule has 0 radical (unpaired) electrons. The highest BCUT2D eigenvalue weighted by molar-refractivity contribution is 6.07. The summed E-state index contributed by atoms with van der Waals surface area (Å²) in [6.45, 7) is 3.95. The summed E-state index contributed by atoms with van der Waals surface area (Å²) in [7, 11) is 0. The van der Waals surface area contributed by atoms with E-state index in [1.807, 2.05) is 13.8 Å². The highest BCUT2D eigenvalue weighted by Gasteiger charge is 2.13. The maximum absolute atomic E-state index is 12.2. The molecule has 122 valence electrons. The number of furan rings is 1. The molecule has 1 aromatic carbocycles. The summed E-state index contributed by atoms with van der Waals surface area (Å²) in [5.41, 5.74) is 6.82. The third kappa shape index (κ3) is 4.58. The van der Waals surface area contributed by atoms with Gasteiger partial charge in [0.25, 0.3) is 5.91 Å². The summed E-state index contributed by atoms with van der Waals surface area (Å²) >= 11 is 0. The van der Waals surface area contributed by atoms with Gasteiger partial charge in [-0.2, -0.15) is 0 Å². The fraction of sp³-hybridized carbons (Fsp3) is 0.250. The van der Waals surface area contributed by atoms with Crippen molar-refractivity contribution < 1.29 is 14.0 Å². The lowest BCUT2D eigenvalue weighted by Crippen LogP contribution is -2.34. The molecule has 2 rings (SSSR count). The zero-order valence-corrected chi connectivity index (χ0v) is 13.1. The molecule has 1 aromatic heterocycles. The summed E-state index contributed by atoms with van der Waals surface area (Å²) < 4.78 is 5.15. The van der Waals surface area contributed by atoms with Crippen molar-refractivity contribution in [1.29, 1.82) is 0 Å². The van der Waals surface area contributed by atoms with Gasteiger partial charge in [-0.25, -0.2) is 4.79 Å². The van der Waals surface area contributed by atoms with Crippen LogP contribution >= 0.6 is 0 Å². The summed E-state index contributed by atoms with van der Waals surface area (Å²) in [6.07, 6.45) is 1.35. The monoisotopic (exact) mass is 316 g/mol. The normalized spacial score (nSPS) is 10.4. The van der Waals surface area contributed by atoms with Crippen molar-refractivity contribution >= 4 is 23.3 Å². The van der Waals surface area contributed by atoms with Crippen LogP contribution in [0.2, 0.25) is 0 Å². The molecule has 0 atom stereocenters.